The molecule has 0 radical (unpaired) electrons. The second-order valence-corrected chi connectivity index (χ2v) is 4.70. The summed E-state index contributed by atoms with van der Waals surface area (Å²) in [6, 6.07) is 4.62. The molecule has 0 aliphatic rings. The molecule has 114 valence electrons. The van der Waals surface area contributed by atoms with Crippen LogP contribution >= 0.6 is 0 Å². The monoisotopic (exact) mass is 297 g/mol. The Balaban J connectivity index is 2.35. The van der Waals surface area contributed by atoms with Gasteiger partial charge in [0, 0.05) is 5.56 Å². The van der Waals surface area contributed by atoms with Crippen molar-refractivity contribution < 1.29 is 22.7 Å². The van der Waals surface area contributed by atoms with Gasteiger partial charge in [-0.1, -0.05) is 6.92 Å². The molecule has 1 aromatic carbocycles. The third-order valence-electron chi connectivity index (χ3n) is 2.68. The van der Waals surface area contributed by atoms with E-state index in [4.69, 9.17) is 9.15 Å². The smallest absolute Gasteiger partial charge is 0.387 e. The Kier molecular flexibility index (Phi) is 4.77. The number of ether oxygens (including phenoxy) is 2. The Morgan fingerprint density at radius 1 is 1.19 bits per heavy atom. The van der Waals surface area contributed by atoms with Crippen LogP contribution in [0.15, 0.2) is 28.9 Å². The number of rotatable bonds is 6. The fraction of sp³-hybridized carbons (Fsp3) is 0.400. The first kappa shape index (κ1) is 15.3. The van der Waals surface area contributed by atoms with Gasteiger partial charge in [0.15, 0.2) is 11.5 Å². The van der Waals surface area contributed by atoms with Gasteiger partial charge in [0.1, 0.15) is 6.26 Å². The fourth-order valence-electron chi connectivity index (χ4n) is 1.78. The van der Waals surface area contributed by atoms with Crippen LogP contribution in [-0.2, 0) is 6.42 Å². The Morgan fingerprint density at radius 3 is 2.52 bits per heavy atom. The van der Waals surface area contributed by atoms with Crippen LogP contribution in [0, 0.1) is 0 Å². The Bertz CT molecular complexity index is 596. The maximum Gasteiger partial charge on any atom is 0.387 e. The van der Waals surface area contributed by atoms with Crippen LogP contribution in [0.4, 0.5) is 8.78 Å². The maximum atomic E-state index is 12.4. The van der Waals surface area contributed by atoms with Crippen LogP contribution in [0.5, 0.6) is 11.5 Å². The first-order valence-corrected chi connectivity index (χ1v) is 6.70. The van der Waals surface area contributed by atoms with Crippen molar-refractivity contribution in [1.29, 1.82) is 0 Å². The van der Waals surface area contributed by atoms with Gasteiger partial charge in [-0.2, -0.15) is 8.78 Å². The number of alkyl halides is 2. The molecule has 0 aliphatic carbocycles. The molecule has 2 aromatic rings. The number of benzene rings is 1. The number of nitrogens with zero attached hydrogens (tertiary/aromatic N) is 1. The van der Waals surface area contributed by atoms with Gasteiger partial charge in [0.25, 0.3) is 0 Å². The summed E-state index contributed by atoms with van der Waals surface area (Å²) < 4.78 is 40.1. The molecule has 6 heteroatoms. The third-order valence-corrected chi connectivity index (χ3v) is 2.68. The molecule has 0 spiro atoms. The predicted octanol–water partition coefficient (Wildman–Crippen LogP) is 4.29. The number of aryl methyl sites for hydroxylation is 1. The van der Waals surface area contributed by atoms with E-state index in [-0.39, 0.29) is 17.6 Å². The Hall–Kier alpha value is -2.11. The largest absolute Gasteiger partial charge is 0.487 e. The van der Waals surface area contributed by atoms with Crippen molar-refractivity contribution in [1.82, 2.24) is 4.98 Å². The highest BCUT2D eigenvalue weighted by Gasteiger charge is 2.15. The molecule has 0 amide bonds. The van der Waals surface area contributed by atoms with Gasteiger partial charge in [-0.25, -0.2) is 4.98 Å². The van der Waals surface area contributed by atoms with Crippen molar-refractivity contribution in [2.75, 3.05) is 0 Å². The number of halogens is 2. The molecule has 1 aromatic heterocycles. The van der Waals surface area contributed by atoms with Gasteiger partial charge in [-0.3, -0.25) is 0 Å². The van der Waals surface area contributed by atoms with Crippen molar-refractivity contribution in [3.63, 3.8) is 0 Å². The topological polar surface area (TPSA) is 44.5 Å². The van der Waals surface area contributed by atoms with Crippen LogP contribution in [0.2, 0.25) is 0 Å². The maximum absolute atomic E-state index is 12.4. The first-order chi connectivity index (χ1) is 9.99. The standard InChI is InChI=1S/C15H17F2NO3/c1-4-11-8-19-14(18-11)10-5-6-12(21-15(16)17)13(7-10)20-9(2)3/h5-9,15H,4H2,1-3H3. The van der Waals surface area contributed by atoms with E-state index in [9.17, 15) is 8.78 Å². The molecule has 0 aliphatic heterocycles. The molecular weight excluding hydrogens is 280 g/mol. The molecule has 0 saturated heterocycles. The summed E-state index contributed by atoms with van der Waals surface area (Å²) >= 11 is 0. The first-order valence-electron chi connectivity index (χ1n) is 6.70. The SMILES string of the molecule is CCc1coc(-c2ccc(OC(F)F)c(OC(C)C)c2)n1. The normalized spacial score (nSPS) is 11.2. The molecule has 0 saturated carbocycles. The molecule has 0 unspecified atom stereocenters. The highest BCUT2D eigenvalue weighted by atomic mass is 19.3. The minimum atomic E-state index is -2.90. The van der Waals surface area contributed by atoms with Crippen LogP contribution in [0.3, 0.4) is 0 Å². The summed E-state index contributed by atoms with van der Waals surface area (Å²) in [5.41, 5.74) is 1.47. The number of hydrogen-bond donors (Lipinski definition) is 0. The minimum Gasteiger partial charge on any atom is -0.487 e. The zero-order chi connectivity index (χ0) is 15.4. The summed E-state index contributed by atoms with van der Waals surface area (Å²) in [5.74, 6) is 0.646. The van der Waals surface area contributed by atoms with Crippen molar-refractivity contribution in [3.8, 4) is 23.0 Å². The van der Waals surface area contributed by atoms with Gasteiger partial charge in [0.05, 0.1) is 11.8 Å². The fourth-order valence-corrected chi connectivity index (χ4v) is 1.78. The summed E-state index contributed by atoms with van der Waals surface area (Å²) in [7, 11) is 0. The quantitative estimate of drug-likeness (QED) is 0.797. The predicted molar refractivity (Wildman–Crippen MR) is 73.7 cm³/mol. The van der Waals surface area contributed by atoms with Gasteiger partial charge >= 0.3 is 6.61 Å². The summed E-state index contributed by atoms with van der Waals surface area (Å²) in [6.07, 6.45) is 2.16. The average Bonchev–Trinajstić information content (AvgIpc) is 2.88. The lowest BCUT2D eigenvalue weighted by Crippen LogP contribution is -2.09. The van der Waals surface area contributed by atoms with E-state index in [1.165, 1.54) is 6.07 Å². The zero-order valence-electron chi connectivity index (χ0n) is 12.1. The van der Waals surface area contributed by atoms with Crippen LogP contribution in [0.25, 0.3) is 11.5 Å². The zero-order valence-corrected chi connectivity index (χ0v) is 12.1. The Morgan fingerprint density at radius 2 is 1.95 bits per heavy atom. The average molecular weight is 297 g/mol. The lowest BCUT2D eigenvalue weighted by molar-refractivity contribution is -0.0518. The summed E-state index contributed by atoms with van der Waals surface area (Å²) in [6.45, 7) is 2.67. The van der Waals surface area contributed by atoms with Gasteiger partial charge in [-0.05, 0) is 38.5 Å². The molecule has 1 heterocycles. The summed E-state index contributed by atoms with van der Waals surface area (Å²) in [4.78, 5) is 4.30. The van der Waals surface area contributed by atoms with E-state index >= 15 is 0 Å². The van der Waals surface area contributed by atoms with Crippen molar-refractivity contribution >= 4 is 0 Å². The second-order valence-electron chi connectivity index (χ2n) is 4.70. The van der Waals surface area contributed by atoms with Crippen molar-refractivity contribution in [2.45, 2.75) is 39.9 Å². The second kappa shape index (κ2) is 6.56. The van der Waals surface area contributed by atoms with Gasteiger partial charge in [-0.15, -0.1) is 0 Å². The molecule has 21 heavy (non-hydrogen) atoms. The molecule has 2 rings (SSSR count). The van der Waals surface area contributed by atoms with Crippen molar-refractivity contribution in [3.05, 3.63) is 30.2 Å². The van der Waals surface area contributed by atoms with E-state index in [1.54, 1.807) is 32.2 Å². The molecule has 0 fully saturated rings. The van der Waals surface area contributed by atoms with Crippen LogP contribution < -0.4 is 9.47 Å². The lowest BCUT2D eigenvalue weighted by Gasteiger charge is -2.15. The van der Waals surface area contributed by atoms with E-state index < -0.39 is 6.61 Å². The number of oxazole rings is 1. The highest BCUT2D eigenvalue weighted by molar-refractivity contribution is 5.60. The van der Waals surface area contributed by atoms with Crippen LogP contribution in [0.1, 0.15) is 26.5 Å². The van der Waals surface area contributed by atoms with Gasteiger partial charge in [0.2, 0.25) is 5.89 Å². The molecule has 0 bridgehead atoms. The van der Waals surface area contributed by atoms with E-state index in [0.29, 0.717) is 11.5 Å². The van der Waals surface area contributed by atoms with Gasteiger partial charge < -0.3 is 13.9 Å². The number of hydrogen-bond acceptors (Lipinski definition) is 4. The Labute approximate surface area is 121 Å². The molecule has 4 nitrogen and oxygen atoms in total. The highest BCUT2D eigenvalue weighted by Crippen LogP contribution is 2.34. The van der Waals surface area contributed by atoms with E-state index in [0.717, 1.165) is 12.1 Å². The summed E-state index contributed by atoms with van der Waals surface area (Å²) in [5, 5.41) is 0. The van der Waals surface area contributed by atoms with E-state index in [2.05, 4.69) is 9.72 Å². The third kappa shape index (κ3) is 3.93. The van der Waals surface area contributed by atoms with Crippen molar-refractivity contribution in [2.24, 2.45) is 0 Å². The number of aromatic nitrogens is 1. The molecule has 0 atom stereocenters. The minimum absolute atomic E-state index is 0.00952. The van der Waals surface area contributed by atoms with E-state index in [1.807, 2.05) is 6.92 Å². The molecule has 0 N–H and O–H groups in total. The lowest BCUT2D eigenvalue weighted by atomic mass is 10.2. The molecular formula is C15H17F2NO3. The van der Waals surface area contributed by atoms with Crippen LogP contribution in [-0.4, -0.2) is 17.7 Å².